The SMILES string of the molecule is CC1(C)CC(=O)c2cc(C(=O)N3CCC(NC(=O)Nc4ccccc4)CC3)c(=O)[nH]c2C1. The van der Waals surface area contributed by atoms with Crippen molar-refractivity contribution in [1.29, 1.82) is 0 Å². The zero-order valence-electron chi connectivity index (χ0n) is 18.4. The minimum absolute atomic E-state index is 0.00466. The summed E-state index contributed by atoms with van der Waals surface area (Å²) in [7, 11) is 0. The number of H-pyrrole nitrogens is 1. The lowest BCUT2D eigenvalue weighted by molar-refractivity contribution is 0.0707. The molecule has 1 saturated heterocycles. The minimum atomic E-state index is -0.457. The Kier molecular flexibility index (Phi) is 5.86. The zero-order valence-corrected chi connectivity index (χ0v) is 18.4. The average Bonchev–Trinajstić information content (AvgIpc) is 2.73. The maximum absolute atomic E-state index is 13.0. The minimum Gasteiger partial charge on any atom is -0.338 e. The van der Waals surface area contributed by atoms with Gasteiger partial charge in [0.2, 0.25) is 0 Å². The zero-order chi connectivity index (χ0) is 22.9. The number of para-hydroxylation sites is 1. The third-order valence-corrected chi connectivity index (χ3v) is 6.10. The number of Topliss-reactive ketones (excluding diaryl/α,β-unsaturated/α-hetero) is 1. The van der Waals surface area contributed by atoms with Crippen molar-refractivity contribution in [2.45, 2.75) is 45.6 Å². The Labute approximate surface area is 186 Å². The second-order valence-electron chi connectivity index (χ2n) is 9.38. The molecule has 2 aliphatic rings. The van der Waals surface area contributed by atoms with Crippen molar-refractivity contribution in [3.63, 3.8) is 0 Å². The quantitative estimate of drug-likeness (QED) is 0.687. The van der Waals surface area contributed by atoms with E-state index in [-0.39, 0.29) is 34.7 Å². The summed E-state index contributed by atoms with van der Waals surface area (Å²) in [6.07, 6.45) is 2.16. The molecule has 1 aromatic heterocycles. The van der Waals surface area contributed by atoms with E-state index in [2.05, 4.69) is 15.6 Å². The van der Waals surface area contributed by atoms with Crippen LogP contribution in [0.2, 0.25) is 0 Å². The van der Waals surface area contributed by atoms with Gasteiger partial charge in [0, 0.05) is 42.5 Å². The summed E-state index contributed by atoms with van der Waals surface area (Å²) in [4.78, 5) is 54.7. The molecule has 0 bridgehead atoms. The van der Waals surface area contributed by atoms with Gasteiger partial charge in [0.15, 0.2) is 5.78 Å². The average molecular weight is 437 g/mol. The van der Waals surface area contributed by atoms with E-state index in [1.54, 1.807) is 4.90 Å². The maximum atomic E-state index is 13.0. The van der Waals surface area contributed by atoms with Crippen LogP contribution in [0.15, 0.2) is 41.2 Å². The summed E-state index contributed by atoms with van der Waals surface area (Å²) in [6, 6.07) is 10.3. The second kappa shape index (κ2) is 8.61. The van der Waals surface area contributed by atoms with Gasteiger partial charge < -0.3 is 20.5 Å². The van der Waals surface area contributed by atoms with E-state index in [1.165, 1.54) is 6.07 Å². The molecule has 1 aromatic carbocycles. The number of carbonyl (C=O) groups is 3. The number of hydrogen-bond donors (Lipinski definition) is 3. The van der Waals surface area contributed by atoms with Crippen molar-refractivity contribution in [1.82, 2.24) is 15.2 Å². The lowest BCUT2D eigenvalue weighted by Crippen LogP contribution is -2.48. The number of anilines is 1. The normalized spacial score (nSPS) is 18.1. The van der Waals surface area contributed by atoms with Gasteiger partial charge in [-0.05, 0) is 42.9 Å². The third kappa shape index (κ3) is 4.74. The Balaban J connectivity index is 1.38. The first-order valence-electron chi connectivity index (χ1n) is 10.9. The highest BCUT2D eigenvalue weighted by atomic mass is 16.2. The summed E-state index contributed by atoms with van der Waals surface area (Å²) in [6.45, 7) is 4.83. The van der Waals surface area contributed by atoms with Gasteiger partial charge in [0.1, 0.15) is 5.56 Å². The van der Waals surface area contributed by atoms with Crippen LogP contribution >= 0.6 is 0 Å². The molecule has 0 saturated carbocycles. The van der Waals surface area contributed by atoms with Crippen LogP contribution in [0.1, 0.15) is 59.5 Å². The molecule has 0 atom stereocenters. The number of fused-ring (bicyclic) bond motifs is 1. The number of nitrogens with zero attached hydrogens (tertiary/aromatic N) is 1. The molecule has 3 amide bonds. The predicted molar refractivity (Wildman–Crippen MR) is 121 cm³/mol. The van der Waals surface area contributed by atoms with Crippen LogP contribution in [0.5, 0.6) is 0 Å². The number of likely N-dealkylation sites (tertiary alicyclic amines) is 1. The summed E-state index contributed by atoms with van der Waals surface area (Å²) in [5.41, 5.74) is 1.11. The topological polar surface area (TPSA) is 111 Å². The first-order valence-corrected chi connectivity index (χ1v) is 10.9. The van der Waals surface area contributed by atoms with Crippen LogP contribution < -0.4 is 16.2 Å². The molecule has 8 heteroatoms. The molecule has 4 rings (SSSR count). The summed E-state index contributed by atoms with van der Waals surface area (Å²) >= 11 is 0. The fraction of sp³-hybridized carbons (Fsp3) is 0.417. The monoisotopic (exact) mass is 436 g/mol. The Morgan fingerprint density at radius 2 is 1.75 bits per heavy atom. The van der Waals surface area contributed by atoms with Gasteiger partial charge in [-0.3, -0.25) is 14.4 Å². The van der Waals surface area contributed by atoms with E-state index in [4.69, 9.17) is 0 Å². The van der Waals surface area contributed by atoms with Crippen molar-refractivity contribution in [3.8, 4) is 0 Å². The van der Waals surface area contributed by atoms with E-state index in [1.807, 2.05) is 44.2 Å². The van der Waals surface area contributed by atoms with Crippen LogP contribution in [-0.4, -0.2) is 46.7 Å². The fourth-order valence-corrected chi connectivity index (χ4v) is 4.46. The van der Waals surface area contributed by atoms with Crippen molar-refractivity contribution in [3.05, 3.63) is 63.6 Å². The number of ketones is 1. The summed E-state index contributed by atoms with van der Waals surface area (Å²) < 4.78 is 0. The standard InChI is InChI=1S/C24H28N4O4/c1-24(2)13-19-17(20(29)14-24)12-18(21(30)27-19)22(31)28-10-8-16(9-11-28)26-23(32)25-15-6-4-3-5-7-15/h3-7,12,16H,8-11,13-14H2,1-2H3,(H,27,30)(H2,25,26,32). The third-order valence-electron chi connectivity index (χ3n) is 6.10. The predicted octanol–water partition coefficient (Wildman–Crippen LogP) is 2.96. The second-order valence-corrected chi connectivity index (χ2v) is 9.38. The first-order chi connectivity index (χ1) is 15.2. The smallest absolute Gasteiger partial charge is 0.319 e. The van der Waals surface area contributed by atoms with E-state index >= 15 is 0 Å². The number of aromatic amines is 1. The van der Waals surface area contributed by atoms with Crippen molar-refractivity contribution < 1.29 is 14.4 Å². The van der Waals surface area contributed by atoms with Crippen molar-refractivity contribution in [2.24, 2.45) is 5.41 Å². The lowest BCUT2D eigenvalue weighted by atomic mass is 9.75. The highest BCUT2D eigenvalue weighted by Crippen LogP contribution is 2.33. The van der Waals surface area contributed by atoms with Crippen LogP contribution in [0.25, 0.3) is 0 Å². The Bertz CT molecular complexity index is 1100. The number of amides is 3. The highest BCUT2D eigenvalue weighted by Gasteiger charge is 2.33. The molecule has 0 spiro atoms. The molecule has 1 fully saturated rings. The van der Waals surface area contributed by atoms with Crippen molar-refractivity contribution >= 4 is 23.4 Å². The van der Waals surface area contributed by atoms with Gasteiger partial charge in [-0.15, -0.1) is 0 Å². The molecule has 0 unspecified atom stereocenters. The molecule has 1 aliphatic heterocycles. The van der Waals surface area contributed by atoms with Crippen LogP contribution in [-0.2, 0) is 6.42 Å². The van der Waals surface area contributed by atoms with Crippen LogP contribution in [0.4, 0.5) is 10.5 Å². The van der Waals surface area contributed by atoms with Gasteiger partial charge >= 0.3 is 6.03 Å². The number of benzene rings is 1. The Morgan fingerprint density at radius 1 is 1.06 bits per heavy atom. The number of piperidine rings is 1. The highest BCUT2D eigenvalue weighted by molar-refractivity contribution is 6.02. The molecule has 32 heavy (non-hydrogen) atoms. The largest absolute Gasteiger partial charge is 0.338 e. The number of hydrogen-bond acceptors (Lipinski definition) is 4. The van der Waals surface area contributed by atoms with Gasteiger partial charge in [-0.1, -0.05) is 32.0 Å². The first kappa shape index (κ1) is 21.8. The van der Waals surface area contributed by atoms with E-state index in [0.29, 0.717) is 55.7 Å². The van der Waals surface area contributed by atoms with Crippen LogP contribution in [0.3, 0.4) is 0 Å². The lowest BCUT2D eigenvalue weighted by Gasteiger charge is -2.33. The van der Waals surface area contributed by atoms with E-state index in [9.17, 15) is 19.2 Å². The number of pyridine rings is 1. The Morgan fingerprint density at radius 3 is 2.44 bits per heavy atom. The summed E-state index contributed by atoms with van der Waals surface area (Å²) in [5, 5.41) is 5.72. The molecule has 2 heterocycles. The molecule has 1 aliphatic carbocycles. The number of nitrogens with one attached hydrogen (secondary N) is 3. The maximum Gasteiger partial charge on any atom is 0.319 e. The molecule has 168 valence electrons. The molecular formula is C24H28N4O4. The van der Waals surface area contributed by atoms with E-state index < -0.39 is 5.56 Å². The molecule has 8 nitrogen and oxygen atoms in total. The number of urea groups is 1. The summed E-state index contributed by atoms with van der Waals surface area (Å²) in [5.74, 6) is -0.423. The van der Waals surface area contributed by atoms with Gasteiger partial charge in [-0.25, -0.2) is 4.79 Å². The van der Waals surface area contributed by atoms with Gasteiger partial charge in [0.05, 0.1) is 0 Å². The molecule has 3 N–H and O–H groups in total. The number of aromatic nitrogens is 1. The Hall–Kier alpha value is -3.42. The number of carbonyl (C=O) groups excluding carboxylic acids is 3. The van der Waals surface area contributed by atoms with E-state index in [0.717, 1.165) is 0 Å². The van der Waals surface area contributed by atoms with Crippen LogP contribution in [0, 0.1) is 5.41 Å². The van der Waals surface area contributed by atoms with Gasteiger partial charge in [0.25, 0.3) is 11.5 Å². The fourth-order valence-electron chi connectivity index (χ4n) is 4.46. The van der Waals surface area contributed by atoms with Gasteiger partial charge in [-0.2, -0.15) is 0 Å². The number of rotatable bonds is 3. The molecule has 2 aromatic rings. The van der Waals surface area contributed by atoms with Crippen molar-refractivity contribution in [2.75, 3.05) is 18.4 Å². The molecular weight excluding hydrogens is 408 g/mol. The molecule has 0 radical (unpaired) electrons.